The van der Waals surface area contributed by atoms with Crippen LogP contribution in [0.25, 0.3) is 11.3 Å². The zero-order valence-corrected chi connectivity index (χ0v) is 15.5. The molecular weight excluding hydrogens is 356 g/mol. The zero-order valence-electron chi connectivity index (χ0n) is 14.7. The van der Waals surface area contributed by atoms with Gasteiger partial charge in [-0.1, -0.05) is 28.9 Å². The van der Waals surface area contributed by atoms with Crippen LogP contribution < -0.4 is 5.32 Å². The fraction of sp³-hybridized carbons (Fsp3) is 0.389. The average molecular weight is 377 g/mol. The molecule has 1 aromatic heterocycles. The maximum Gasteiger partial charge on any atom is 0.317 e. The van der Waals surface area contributed by atoms with E-state index in [9.17, 15) is 9.59 Å². The topological polar surface area (TPSA) is 78.7 Å². The number of amides is 3. The highest BCUT2D eigenvalue weighted by molar-refractivity contribution is 6.30. The molecule has 2 heterocycles. The van der Waals surface area contributed by atoms with Crippen LogP contribution in [0, 0.1) is 0 Å². The lowest BCUT2D eigenvalue weighted by atomic mass is 10.0. The first kappa shape index (κ1) is 18.3. The summed E-state index contributed by atoms with van der Waals surface area (Å²) in [6, 6.07) is 8.79. The van der Waals surface area contributed by atoms with E-state index < -0.39 is 0 Å². The van der Waals surface area contributed by atoms with Crippen molar-refractivity contribution in [3.8, 4) is 11.3 Å². The van der Waals surface area contributed by atoms with Gasteiger partial charge >= 0.3 is 6.03 Å². The maximum absolute atomic E-state index is 12.6. The van der Waals surface area contributed by atoms with E-state index in [-0.39, 0.29) is 23.7 Å². The summed E-state index contributed by atoms with van der Waals surface area (Å²) in [7, 11) is 3.41. The van der Waals surface area contributed by atoms with Gasteiger partial charge in [0.25, 0.3) is 5.91 Å². The first-order valence-corrected chi connectivity index (χ1v) is 8.81. The molecular formula is C18H21ClN4O3. The molecule has 0 atom stereocenters. The molecule has 8 heteroatoms. The number of piperidine rings is 1. The third kappa shape index (κ3) is 4.16. The third-order valence-corrected chi connectivity index (χ3v) is 4.59. The normalized spacial score (nSPS) is 15.0. The minimum atomic E-state index is -0.167. The Morgan fingerprint density at radius 2 is 2.00 bits per heavy atom. The predicted molar refractivity (Wildman–Crippen MR) is 98.1 cm³/mol. The van der Waals surface area contributed by atoms with E-state index in [2.05, 4.69) is 10.5 Å². The van der Waals surface area contributed by atoms with Gasteiger partial charge in [-0.25, -0.2) is 4.79 Å². The number of halogens is 1. The van der Waals surface area contributed by atoms with E-state index in [1.807, 2.05) is 12.1 Å². The number of nitrogens with one attached hydrogen (secondary N) is 1. The van der Waals surface area contributed by atoms with Gasteiger partial charge in [-0.15, -0.1) is 0 Å². The highest BCUT2D eigenvalue weighted by atomic mass is 35.5. The predicted octanol–water partition coefficient (Wildman–Crippen LogP) is 2.87. The molecule has 3 rings (SSSR count). The maximum atomic E-state index is 12.6. The number of hydrogen-bond acceptors (Lipinski definition) is 4. The standard InChI is InChI=1S/C18H21ClN4O3/c1-22(2)18(25)20-14-6-8-23(9-7-14)17(24)15-11-16(26-21-15)12-4-3-5-13(19)10-12/h3-5,10-11,14H,6-9H2,1-2H3,(H,20,25). The summed E-state index contributed by atoms with van der Waals surface area (Å²) in [5.74, 6) is 0.336. The molecule has 0 bridgehead atoms. The van der Waals surface area contributed by atoms with E-state index in [1.54, 1.807) is 37.2 Å². The molecule has 1 fully saturated rings. The van der Waals surface area contributed by atoms with Crippen LogP contribution >= 0.6 is 11.6 Å². The molecule has 7 nitrogen and oxygen atoms in total. The molecule has 1 aromatic carbocycles. The molecule has 1 N–H and O–H groups in total. The number of likely N-dealkylation sites (tertiary alicyclic amines) is 1. The fourth-order valence-corrected chi connectivity index (χ4v) is 3.04. The van der Waals surface area contributed by atoms with Crippen molar-refractivity contribution in [2.45, 2.75) is 18.9 Å². The van der Waals surface area contributed by atoms with Crippen LogP contribution in [0.5, 0.6) is 0 Å². The summed E-state index contributed by atoms with van der Waals surface area (Å²) in [4.78, 5) is 27.6. The summed E-state index contributed by atoms with van der Waals surface area (Å²) in [6.07, 6.45) is 1.43. The third-order valence-electron chi connectivity index (χ3n) is 4.35. The monoisotopic (exact) mass is 376 g/mol. The Labute approximate surface area is 156 Å². The molecule has 0 spiro atoms. The highest BCUT2D eigenvalue weighted by Gasteiger charge is 2.26. The van der Waals surface area contributed by atoms with E-state index in [4.69, 9.17) is 16.1 Å². The minimum Gasteiger partial charge on any atom is -0.355 e. The number of carbonyl (C=O) groups excluding carboxylic acids is 2. The Bertz CT molecular complexity index is 797. The molecule has 1 aliphatic heterocycles. The van der Waals surface area contributed by atoms with Crippen molar-refractivity contribution >= 4 is 23.5 Å². The Hall–Kier alpha value is -2.54. The molecule has 0 radical (unpaired) electrons. The Morgan fingerprint density at radius 1 is 1.27 bits per heavy atom. The summed E-state index contributed by atoms with van der Waals surface area (Å²) in [5, 5.41) is 7.44. The lowest BCUT2D eigenvalue weighted by Gasteiger charge is -2.32. The quantitative estimate of drug-likeness (QED) is 0.893. The van der Waals surface area contributed by atoms with E-state index in [0.29, 0.717) is 36.7 Å². The first-order chi connectivity index (χ1) is 12.4. The van der Waals surface area contributed by atoms with Gasteiger partial charge in [-0.3, -0.25) is 4.79 Å². The Balaban J connectivity index is 1.60. The lowest BCUT2D eigenvalue weighted by Crippen LogP contribution is -2.48. The van der Waals surface area contributed by atoms with E-state index in [0.717, 1.165) is 5.56 Å². The van der Waals surface area contributed by atoms with Gasteiger partial charge in [-0.2, -0.15) is 0 Å². The fourth-order valence-electron chi connectivity index (χ4n) is 2.85. The number of benzene rings is 1. The summed E-state index contributed by atoms with van der Waals surface area (Å²) < 4.78 is 5.30. The van der Waals surface area contributed by atoms with Crippen LogP contribution in [-0.2, 0) is 0 Å². The number of nitrogens with zero attached hydrogens (tertiary/aromatic N) is 3. The van der Waals surface area contributed by atoms with Crippen molar-refractivity contribution in [2.24, 2.45) is 0 Å². The summed E-state index contributed by atoms with van der Waals surface area (Å²) in [5.41, 5.74) is 1.05. The van der Waals surface area contributed by atoms with Crippen molar-refractivity contribution in [3.05, 3.63) is 41.0 Å². The van der Waals surface area contributed by atoms with Crippen molar-refractivity contribution in [2.75, 3.05) is 27.2 Å². The summed E-state index contributed by atoms with van der Waals surface area (Å²) in [6.45, 7) is 1.13. The van der Waals surface area contributed by atoms with Gasteiger partial charge in [0.15, 0.2) is 11.5 Å². The van der Waals surface area contributed by atoms with Gasteiger partial charge in [0.05, 0.1) is 0 Å². The van der Waals surface area contributed by atoms with Crippen molar-refractivity contribution in [1.82, 2.24) is 20.3 Å². The van der Waals surface area contributed by atoms with Crippen LogP contribution in [0.2, 0.25) is 5.02 Å². The zero-order chi connectivity index (χ0) is 18.7. The van der Waals surface area contributed by atoms with Crippen LogP contribution in [0.15, 0.2) is 34.9 Å². The Morgan fingerprint density at radius 3 is 2.65 bits per heavy atom. The smallest absolute Gasteiger partial charge is 0.317 e. The molecule has 1 saturated heterocycles. The SMILES string of the molecule is CN(C)C(=O)NC1CCN(C(=O)c2cc(-c3cccc(Cl)c3)on2)CC1. The molecule has 26 heavy (non-hydrogen) atoms. The largest absolute Gasteiger partial charge is 0.355 e. The molecule has 2 aromatic rings. The van der Waals surface area contributed by atoms with Gasteiger partial charge in [0.1, 0.15) is 0 Å². The van der Waals surface area contributed by atoms with Crippen molar-refractivity contribution < 1.29 is 14.1 Å². The first-order valence-electron chi connectivity index (χ1n) is 8.44. The molecule has 3 amide bonds. The number of hydrogen-bond donors (Lipinski definition) is 1. The average Bonchev–Trinajstić information content (AvgIpc) is 3.12. The Kier molecular flexibility index (Phi) is 5.46. The van der Waals surface area contributed by atoms with Crippen LogP contribution in [0.3, 0.4) is 0 Å². The van der Waals surface area contributed by atoms with Crippen LogP contribution in [0.1, 0.15) is 23.3 Å². The molecule has 0 aliphatic carbocycles. The second-order valence-corrected chi connectivity index (χ2v) is 6.93. The summed E-state index contributed by atoms with van der Waals surface area (Å²) >= 11 is 5.98. The number of urea groups is 1. The van der Waals surface area contributed by atoms with E-state index in [1.165, 1.54) is 4.90 Å². The minimum absolute atomic E-state index is 0.0771. The van der Waals surface area contributed by atoms with Crippen molar-refractivity contribution in [1.29, 1.82) is 0 Å². The number of carbonyl (C=O) groups is 2. The molecule has 138 valence electrons. The lowest BCUT2D eigenvalue weighted by molar-refractivity contribution is 0.0697. The van der Waals surface area contributed by atoms with Gasteiger partial charge < -0.3 is 19.6 Å². The van der Waals surface area contributed by atoms with Gasteiger partial charge in [0.2, 0.25) is 0 Å². The highest BCUT2D eigenvalue weighted by Crippen LogP contribution is 2.24. The van der Waals surface area contributed by atoms with Crippen molar-refractivity contribution in [3.63, 3.8) is 0 Å². The van der Waals surface area contributed by atoms with Crippen LogP contribution in [-0.4, -0.2) is 60.1 Å². The molecule has 1 aliphatic rings. The molecule has 0 saturated carbocycles. The van der Waals surface area contributed by atoms with Gasteiger partial charge in [-0.05, 0) is 25.0 Å². The number of rotatable bonds is 3. The van der Waals surface area contributed by atoms with Gasteiger partial charge in [0, 0.05) is 49.9 Å². The number of aromatic nitrogens is 1. The molecule has 0 unspecified atom stereocenters. The second kappa shape index (κ2) is 7.78. The van der Waals surface area contributed by atoms with Crippen LogP contribution in [0.4, 0.5) is 4.79 Å². The van der Waals surface area contributed by atoms with E-state index >= 15 is 0 Å². The second-order valence-electron chi connectivity index (χ2n) is 6.50.